The molecule has 0 spiro atoms. The Morgan fingerprint density at radius 2 is 2.17 bits per heavy atom. The van der Waals surface area contributed by atoms with E-state index in [0.717, 1.165) is 32.0 Å². The zero-order valence-electron chi connectivity index (χ0n) is 11.4. The van der Waals surface area contributed by atoms with Crippen LogP contribution in [-0.4, -0.2) is 45.8 Å². The summed E-state index contributed by atoms with van der Waals surface area (Å²) >= 11 is 0. The van der Waals surface area contributed by atoms with Gasteiger partial charge in [-0.1, -0.05) is 13.3 Å². The van der Waals surface area contributed by atoms with Crippen LogP contribution in [0.4, 0.5) is 0 Å². The van der Waals surface area contributed by atoms with E-state index in [2.05, 4.69) is 31.9 Å². The van der Waals surface area contributed by atoms with Crippen molar-refractivity contribution < 1.29 is 0 Å². The first kappa shape index (κ1) is 13.5. The van der Waals surface area contributed by atoms with Gasteiger partial charge in [-0.3, -0.25) is 4.90 Å². The van der Waals surface area contributed by atoms with Gasteiger partial charge in [-0.15, -0.1) is 10.2 Å². The first-order valence-electron chi connectivity index (χ1n) is 7.20. The highest BCUT2D eigenvalue weighted by Gasteiger charge is 2.16. The molecule has 18 heavy (non-hydrogen) atoms. The molecule has 0 unspecified atom stereocenters. The van der Waals surface area contributed by atoms with Gasteiger partial charge in [0.15, 0.2) is 0 Å². The summed E-state index contributed by atoms with van der Waals surface area (Å²) in [7, 11) is 0. The van der Waals surface area contributed by atoms with Gasteiger partial charge in [0, 0.05) is 13.1 Å². The van der Waals surface area contributed by atoms with Crippen molar-refractivity contribution in [2.24, 2.45) is 0 Å². The van der Waals surface area contributed by atoms with Gasteiger partial charge < -0.3 is 9.88 Å². The van der Waals surface area contributed by atoms with E-state index in [4.69, 9.17) is 0 Å². The summed E-state index contributed by atoms with van der Waals surface area (Å²) in [5.74, 6) is 1.12. The van der Waals surface area contributed by atoms with Crippen molar-refractivity contribution in [3.63, 3.8) is 0 Å². The molecule has 1 aliphatic heterocycles. The van der Waals surface area contributed by atoms with Crippen LogP contribution in [0.15, 0.2) is 6.33 Å². The Morgan fingerprint density at radius 3 is 3.06 bits per heavy atom. The fourth-order valence-electron chi connectivity index (χ4n) is 2.37. The number of fused-ring (bicyclic) bond motifs is 1. The van der Waals surface area contributed by atoms with Gasteiger partial charge in [-0.25, -0.2) is 0 Å². The summed E-state index contributed by atoms with van der Waals surface area (Å²) in [5.41, 5.74) is 0. The van der Waals surface area contributed by atoms with E-state index >= 15 is 0 Å². The topological polar surface area (TPSA) is 46.0 Å². The Bertz CT molecular complexity index is 336. The van der Waals surface area contributed by atoms with Gasteiger partial charge >= 0.3 is 0 Å². The van der Waals surface area contributed by atoms with E-state index < -0.39 is 0 Å². The zero-order valence-corrected chi connectivity index (χ0v) is 11.4. The SMILES string of the molecule is CCCNCCCCCN1CCn2cnnc2C1. The van der Waals surface area contributed by atoms with Crippen molar-refractivity contribution in [1.29, 1.82) is 0 Å². The predicted molar refractivity (Wildman–Crippen MR) is 72.3 cm³/mol. The molecule has 5 nitrogen and oxygen atoms in total. The molecule has 0 bridgehead atoms. The fraction of sp³-hybridized carbons (Fsp3) is 0.846. The normalized spacial score (nSPS) is 15.8. The lowest BCUT2D eigenvalue weighted by molar-refractivity contribution is 0.212. The maximum atomic E-state index is 4.15. The average Bonchev–Trinajstić information content (AvgIpc) is 2.85. The Labute approximate surface area is 110 Å². The molecule has 1 aliphatic rings. The van der Waals surface area contributed by atoms with E-state index in [9.17, 15) is 0 Å². The summed E-state index contributed by atoms with van der Waals surface area (Å²) in [5, 5.41) is 11.5. The summed E-state index contributed by atoms with van der Waals surface area (Å²) < 4.78 is 2.16. The number of rotatable bonds is 8. The molecule has 1 N–H and O–H groups in total. The molecule has 1 aromatic heterocycles. The van der Waals surface area contributed by atoms with E-state index in [1.54, 1.807) is 0 Å². The quantitative estimate of drug-likeness (QED) is 0.707. The van der Waals surface area contributed by atoms with Crippen LogP contribution in [0.5, 0.6) is 0 Å². The minimum Gasteiger partial charge on any atom is -0.317 e. The van der Waals surface area contributed by atoms with Crippen LogP contribution in [0.1, 0.15) is 38.4 Å². The van der Waals surface area contributed by atoms with E-state index in [1.165, 1.54) is 38.8 Å². The molecule has 1 aromatic rings. The minimum atomic E-state index is 0.966. The lowest BCUT2D eigenvalue weighted by Gasteiger charge is -2.26. The minimum absolute atomic E-state index is 0.966. The Balaban J connectivity index is 1.53. The van der Waals surface area contributed by atoms with Crippen LogP contribution in [0.2, 0.25) is 0 Å². The number of nitrogens with one attached hydrogen (secondary N) is 1. The molecule has 0 atom stereocenters. The molecule has 2 rings (SSSR count). The summed E-state index contributed by atoms with van der Waals surface area (Å²) in [6, 6.07) is 0. The van der Waals surface area contributed by atoms with E-state index in [-0.39, 0.29) is 0 Å². The number of aromatic nitrogens is 3. The van der Waals surface area contributed by atoms with Crippen LogP contribution in [0.3, 0.4) is 0 Å². The molecular weight excluding hydrogens is 226 g/mol. The predicted octanol–water partition coefficient (Wildman–Crippen LogP) is 1.26. The number of hydrogen-bond donors (Lipinski definition) is 1. The van der Waals surface area contributed by atoms with Gasteiger partial charge in [0.25, 0.3) is 0 Å². The zero-order chi connectivity index (χ0) is 12.6. The van der Waals surface area contributed by atoms with Crippen molar-refractivity contribution in [3.05, 3.63) is 12.2 Å². The number of unbranched alkanes of at least 4 members (excludes halogenated alkanes) is 2. The van der Waals surface area contributed by atoms with E-state index in [0.29, 0.717) is 0 Å². The molecule has 0 aliphatic carbocycles. The third kappa shape index (κ3) is 4.07. The highest BCUT2D eigenvalue weighted by atomic mass is 15.3. The monoisotopic (exact) mass is 251 g/mol. The third-order valence-corrected chi connectivity index (χ3v) is 3.47. The highest BCUT2D eigenvalue weighted by Crippen LogP contribution is 2.10. The average molecular weight is 251 g/mol. The largest absolute Gasteiger partial charge is 0.317 e. The number of hydrogen-bond acceptors (Lipinski definition) is 4. The van der Waals surface area contributed by atoms with E-state index in [1.807, 2.05) is 6.33 Å². The Kier molecular flexibility index (Phi) is 5.61. The molecule has 0 fully saturated rings. The van der Waals surface area contributed by atoms with Crippen LogP contribution in [-0.2, 0) is 13.1 Å². The summed E-state index contributed by atoms with van der Waals surface area (Å²) in [6.07, 6.45) is 6.98. The third-order valence-electron chi connectivity index (χ3n) is 3.47. The molecule has 0 saturated carbocycles. The maximum Gasteiger partial charge on any atom is 0.147 e. The van der Waals surface area contributed by atoms with Crippen molar-refractivity contribution >= 4 is 0 Å². The van der Waals surface area contributed by atoms with Gasteiger partial charge in [-0.2, -0.15) is 0 Å². The second kappa shape index (κ2) is 7.48. The van der Waals surface area contributed by atoms with Crippen molar-refractivity contribution in [2.75, 3.05) is 26.2 Å². The summed E-state index contributed by atoms with van der Waals surface area (Å²) in [4.78, 5) is 2.49. The van der Waals surface area contributed by atoms with Crippen LogP contribution >= 0.6 is 0 Å². The molecule has 0 aromatic carbocycles. The smallest absolute Gasteiger partial charge is 0.147 e. The van der Waals surface area contributed by atoms with Gasteiger partial charge in [0.2, 0.25) is 0 Å². The molecule has 102 valence electrons. The van der Waals surface area contributed by atoms with Crippen molar-refractivity contribution in [2.45, 2.75) is 45.7 Å². The number of nitrogens with zero attached hydrogens (tertiary/aromatic N) is 4. The fourth-order valence-corrected chi connectivity index (χ4v) is 2.37. The Morgan fingerprint density at radius 1 is 1.22 bits per heavy atom. The van der Waals surface area contributed by atoms with Crippen molar-refractivity contribution in [1.82, 2.24) is 25.0 Å². The molecule has 5 heteroatoms. The molecule has 2 heterocycles. The second-order valence-electron chi connectivity index (χ2n) is 5.03. The van der Waals surface area contributed by atoms with Gasteiger partial charge in [0.05, 0.1) is 6.54 Å². The first-order valence-corrected chi connectivity index (χ1v) is 7.20. The van der Waals surface area contributed by atoms with Gasteiger partial charge in [0.1, 0.15) is 12.2 Å². The Hall–Kier alpha value is -0.940. The molecule has 0 saturated heterocycles. The summed E-state index contributed by atoms with van der Waals surface area (Å²) in [6.45, 7) is 8.88. The molecule has 0 amide bonds. The lowest BCUT2D eigenvalue weighted by Crippen LogP contribution is -2.34. The maximum absolute atomic E-state index is 4.15. The van der Waals surface area contributed by atoms with Crippen LogP contribution < -0.4 is 5.32 Å². The second-order valence-corrected chi connectivity index (χ2v) is 5.03. The van der Waals surface area contributed by atoms with Crippen LogP contribution in [0, 0.1) is 0 Å². The highest BCUT2D eigenvalue weighted by molar-refractivity contribution is 4.89. The standard InChI is InChI=1S/C13H25N5/c1-2-6-14-7-4-3-5-8-17-9-10-18-12-15-16-13(18)11-17/h12,14H,2-11H2,1H3. The van der Waals surface area contributed by atoms with Gasteiger partial charge in [-0.05, 0) is 38.9 Å². The lowest BCUT2D eigenvalue weighted by atomic mass is 10.2. The first-order chi connectivity index (χ1) is 8.90. The molecule has 0 radical (unpaired) electrons. The van der Waals surface area contributed by atoms with Crippen molar-refractivity contribution in [3.8, 4) is 0 Å². The van der Waals surface area contributed by atoms with Crippen LogP contribution in [0.25, 0.3) is 0 Å². The molecular formula is C13H25N5.